The average Bonchev–Trinajstić information content (AvgIpc) is 2.90. The van der Waals surface area contributed by atoms with Crippen molar-refractivity contribution in [3.05, 3.63) is 53.6 Å². The number of fused-ring (bicyclic) bond motifs is 2. The summed E-state index contributed by atoms with van der Waals surface area (Å²) < 4.78 is 5.60. The van der Waals surface area contributed by atoms with Crippen LogP contribution in [-0.2, 0) is 17.8 Å². The lowest BCUT2D eigenvalue weighted by molar-refractivity contribution is -0.120. The molecule has 1 amide bonds. The second-order valence-electron chi connectivity index (χ2n) is 10.3. The van der Waals surface area contributed by atoms with Crippen molar-refractivity contribution in [3.63, 3.8) is 0 Å². The number of nitrogens with two attached hydrogens (primary N) is 1. The summed E-state index contributed by atoms with van der Waals surface area (Å²) in [6.45, 7) is 6.94. The van der Waals surface area contributed by atoms with Crippen LogP contribution in [0.4, 0.5) is 23.3 Å². The summed E-state index contributed by atoms with van der Waals surface area (Å²) in [7, 11) is 3.94. The monoisotopic (exact) mass is 499 g/mol. The van der Waals surface area contributed by atoms with E-state index in [-0.39, 0.29) is 18.6 Å². The van der Waals surface area contributed by atoms with E-state index in [1.807, 2.05) is 12.1 Å². The number of hydrogen-bond donors (Lipinski definition) is 1. The lowest BCUT2D eigenvalue weighted by atomic mass is 9.91. The molecule has 1 atom stereocenters. The first-order chi connectivity index (χ1) is 17.9. The number of amides is 1. The average molecular weight is 500 g/mol. The van der Waals surface area contributed by atoms with Crippen molar-refractivity contribution in [2.75, 3.05) is 67.3 Å². The summed E-state index contributed by atoms with van der Waals surface area (Å²) in [6, 6.07) is 15.1. The summed E-state index contributed by atoms with van der Waals surface area (Å²) in [5, 5.41) is 0. The van der Waals surface area contributed by atoms with Gasteiger partial charge in [-0.25, -0.2) is 0 Å². The predicted octanol–water partition coefficient (Wildman–Crippen LogP) is 2.78. The van der Waals surface area contributed by atoms with E-state index in [0.717, 1.165) is 73.3 Å². The van der Waals surface area contributed by atoms with Crippen molar-refractivity contribution >= 4 is 29.2 Å². The molecular weight excluding hydrogens is 466 g/mol. The molecule has 192 valence electrons. The number of nitrogen functional groups attached to an aromatic ring is 1. The van der Waals surface area contributed by atoms with Gasteiger partial charge in [-0.15, -0.1) is 0 Å². The molecule has 1 fully saturated rings. The van der Waals surface area contributed by atoms with Crippen LogP contribution in [0.5, 0.6) is 5.75 Å². The first kappa shape index (κ1) is 23.5. The Morgan fingerprint density at radius 3 is 2.46 bits per heavy atom. The molecule has 3 aliphatic heterocycles. The molecule has 0 bridgehead atoms. The molecule has 3 aromatic rings. The summed E-state index contributed by atoms with van der Waals surface area (Å²) >= 11 is 0. The van der Waals surface area contributed by atoms with Crippen LogP contribution in [-0.4, -0.2) is 73.7 Å². The van der Waals surface area contributed by atoms with Gasteiger partial charge in [0.25, 0.3) is 5.91 Å². The highest BCUT2D eigenvalue weighted by molar-refractivity contribution is 5.98. The van der Waals surface area contributed by atoms with E-state index in [9.17, 15) is 4.79 Å². The highest BCUT2D eigenvalue weighted by Gasteiger charge is 2.27. The van der Waals surface area contributed by atoms with E-state index >= 15 is 0 Å². The quantitative estimate of drug-likeness (QED) is 0.588. The molecule has 1 unspecified atom stereocenters. The van der Waals surface area contributed by atoms with Gasteiger partial charge in [0.15, 0.2) is 6.61 Å². The fraction of sp³-hybridized carbons (Fsp3) is 0.393. The van der Waals surface area contributed by atoms with E-state index < -0.39 is 0 Å². The Morgan fingerprint density at radius 1 is 0.919 bits per heavy atom. The van der Waals surface area contributed by atoms with Crippen LogP contribution >= 0.6 is 0 Å². The molecule has 0 saturated carbocycles. The van der Waals surface area contributed by atoms with Crippen LogP contribution in [0, 0.1) is 0 Å². The first-order valence-corrected chi connectivity index (χ1v) is 12.9. The zero-order valence-electron chi connectivity index (χ0n) is 21.6. The number of carbonyl (C=O) groups excluding carboxylic acids is 1. The fourth-order valence-electron chi connectivity index (χ4n) is 5.46. The number of piperazine rings is 1. The number of aromatic nitrogens is 2. The summed E-state index contributed by atoms with van der Waals surface area (Å²) in [5.41, 5.74) is 11.8. The van der Waals surface area contributed by atoms with Gasteiger partial charge in [-0.05, 0) is 60.8 Å². The van der Waals surface area contributed by atoms with Crippen LogP contribution in [0.3, 0.4) is 0 Å². The first-order valence-electron chi connectivity index (χ1n) is 12.9. The number of likely N-dealkylation sites (N-methyl/N-ethyl adjacent to an activating group) is 2. The molecule has 4 heterocycles. The van der Waals surface area contributed by atoms with Crippen molar-refractivity contribution in [1.29, 1.82) is 0 Å². The Bertz CT molecular complexity index is 1350. The smallest absolute Gasteiger partial charge is 0.264 e. The summed E-state index contributed by atoms with van der Waals surface area (Å²) in [5.74, 6) is 2.78. The van der Waals surface area contributed by atoms with Gasteiger partial charge in [-0.2, -0.15) is 9.97 Å². The lowest BCUT2D eigenvalue weighted by Gasteiger charge is -2.37. The number of benzene rings is 2. The van der Waals surface area contributed by atoms with Gasteiger partial charge in [-0.1, -0.05) is 18.2 Å². The molecule has 6 rings (SSSR count). The largest absolute Gasteiger partial charge is 0.482 e. The molecule has 0 spiro atoms. The Hall–Kier alpha value is -3.85. The molecule has 37 heavy (non-hydrogen) atoms. The topological polar surface area (TPSA) is 91.1 Å². The van der Waals surface area contributed by atoms with E-state index in [2.05, 4.69) is 69.0 Å². The van der Waals surface area contributed by atoms with Gasteiger partial charge in [0.2, 0.25) is 5.95 Å². The van der Waals surface area contributed by atoms with Crippen molar-refractivity contribution in [2.24, 2.45) is 0 Å². The third-order valence-electron chi connectivity index (χ3n) is 7.81. The highest BCUT2D eigenvalue weighted by atomic mass is 16.5. The van der Waals surface area contributed by atoms with Crippen LogP contribution < -0.4 is 25.2 Å². The predicted molar refractivity (Wildman–Crippen MR) is 146 cm³/mol. The SMILES string of the molecule is CC1Cc2ccc(-c3ccc4c(c3)N(C)C(=O)CO4)cc2CN1c1cc(N2CCN(C)CC2)nc(N)n1. The van der Waals surface area contributed by atoms with Crippen LogP contribution in [0.25, 0.3) is 11.1 Å². The second-order valence-corrected chi connectivity index (χ2v) is 10.3. The summed E-state index contributed by atoms with van der Waals surface area (Å²) in [4.78, 5) is 29.9. The highest BCUT2D eigenvalue weighted by Crippen LogP contribution is 2.37. The Kier molecular flexibility index (Phi) is 5.87. The lowest BCUT2D eigenvalue weighted by Crippen LogP contribution is -2.45. The minimum absolute atomic E-state index is 0.0419. The third-order valence-corrected chi connectivity index (χ3v) is 7.81. The number of anilines is 4. The number of rotatable bonds is 3. The normalized spacial score (nSPS) is 19.9. The molecule has 1 saturated heterocycles. The Balaban J connectivity index is 1.29. The van der Waals surface area contributed by atoms with Gasteiger partial charge in [0.05, 0.1) is 5.69 Å². The van der Waals surface area contributed by atoms with Gasteiger partial charge in [-0.3, -0.25) is 4.79 Å². The van der Waals surface area contributed by atoms with E-state index in [1.165, 1.54) is 11.1 Å². The Morgan fingerprint density at radius 2 is 1.65 bits per heavy atom. The van der Waals surface area contributed by atoms with Gasteiger partial charge in [0.1, 0.15) is 17.4 Å². The van der Waals surface area contributed by atoms with Crippen molar-refractivity contribution < 1.29 is 9.53 Å². The maximum absolute atomic E-state index is 12.1. The zero-order valence-corrected chi connectivity index (χ0v) is 21.6. The molecule has 9 heteroatoms. The Labute approximate surface area is 217 Å². The summed E-state index contributed by atoms with van der Waals surface area (Å²) in [6.07, 6.45) is 0.929. The maximum Gasteiger partial charge on any atom is 0.264 e. The number of carbonyl (C=O) groups is 1. The molecule has 9 nitrogen and oxygen atoms in total. The third kappa shape index (κ3) is 4.44. The number of ether oxygens (including phenoxy) is 1. The van der Waals surface area contributed by atoms with Crippen molar-refractivity contribution in [1.82, 2.24) is 14.9 Å². The van der Waals surface area contributed by atoms with Crippen molar-refractivity contribution in [2.45, 2.75) is 25.9 Å². The van der Waals surface area contributed by atoms with Crippen LogP contribution in [0.2, 0.25) is 0 Å². The molecule has 2 aromatic carbocycles. The minimum atomic E-state index is -0.0419. The molecule has 0 radical (unpaired) electrons. The van der Waals surface area contributed by atoms with Gasteiger partial charge < -0.3 is 30.1 Å². The fourth-order valence-corrected chi connectivity index (χ4v) is 5.46. The number of nitrogens with zero attached hydrogens (tertiary/aromatic N) is 6. The van der Waals surface area contributed by atoms with Gasteiger partial charge >= 0.3 is 0 Å². The zero-order chi connectivity index (χ0) is 25.7. The minimum Gasteiger partial charge on any atom is -0.482 e. The van der Waals surface area contributed by atoms with E-state index in [1.54, 1.807) is 11.9 Å². The standard InChI is InChI=1S/C28H33N7O2/c1-18-12-19-4-5-20(21-6-7-24-23(14-21)33(3)27(36)17-37-24)13-22(19)16-35(18)26-15-25(30-28(29)31-26)34-10-8-32(2)9-11-34/h4-7,13-15,18H,8-12,16-17H2,1-3H3,(H2,29,30,31). The van der Waals surface area contributed by atoms with Crippen LogP contribution in [0.1, 0.15) is 18.1 Å². The molecule has 2 N–H and O–H groups in total. The molecule has 3 aliphatic rings. The molecule has 1 aromatic heterocycles. The molecule has 0 aliphatic carbocycles. The van der Waals surface area contributed by atoms with Gasteiger partial charge in [0, 0.05) is 51.9 Å². The van der Waals surface area contributed by atoms with E-state index in [4.69, 9.17) is 10.5 Å². The maximum atomic E-state index is 12.1. The van der Waals surface area contributed by atoms with Crippen molar-refractivity contribution in [3.8, 4) is 16.9 Å². The van der Waals surface area contributed by atoms with Crippen LogP contribution in [0.15, 0.2) is 42.5 Å². The number of hydrogen-bond acceptors (Lipinski definition) is 8. The van der Waals surface area contributed by atoms with E-state index in [0.29, 0.717) is 5.95 Å². The second kappa shape index (κ2) is 9.23. The molecular formula is C28H33N7O2.